The van der Waals surface area contributed by atoms with Crippen molar-refractivity contribution in [3.05, 3.63) is 66.1 Å². The Labute approximate surface area is 173 Å². The highest BCUT2D eigenvalue weighted by Gasteiger charge is 2.24. The predicted octanol–water partition coefficient (Wildman–Crippen LogP) is 2.47. The lowest BCUT2D eigenvalue weighted by molar-refractivity contribution is 0.0796. The van der Waals surface area contributed by atoms with Gasteiger partial charge in [0, 0.05) is 44.2 Å². The number of carbonyl (C=O) groups excluding carboxylic acids is 2. The first kappa shape index (κ1) is 19.3. The molecule has 0 bridgehead atoms. The minimum Gasteiger partial charge on any atom is -0.342 e. The Bertz CT molecular complexity index is 1230. The molecule has 0 aliphatic rings. The van der Waals surface area contributed by atoms with Crippen LogP contribution in [0, 0.1) is 0 Å². The van der Waals surface area contributed by atoms with Crippen LogP contribution in [0.1, 0.15) is 27.8 Å². The van der Waals surface area contributed by atoms with Crippen molar-refractivity contribution in [3.63, 3.8) is 0 Å². The molecule has 0 fully saturated rings. The quantitative estimate of drug-likeness (QED) is 0.552. The Balaban J connectivity index is 1.61. The molecule has 3 aromatic heterocycles. The Kier molecular flexibility index (Phi) is 5.01. The van der Waals surface area contributed by atoms with Crippen LogP contribution in [0.15, 0.2) is 54.9 Å². The van der Waals surface area contributed by atoms with Crippen molar-refractivity contribution in [2.75, 3.05) is 18.9 Å². The number of pyridine rings is 1. The molecule has 1 aromatic carbocycles. The fourth-order valence-electron chi connectivity index (χ4n) is 3.07. The standard InChI is InChI=1S/C21H21N7O2/c1-4-26(2)21(30)16-13-22-27(3)18(16)20(29)23-15-10-11-28-17(12-15)24-19(25-28)14-8-6-5-7-9-14/h5-13H,4H2,1-3H3,(H,23,29). The summed E-state index contributed by atoms with van der Waals surface area (Å²) < 4.78 is 3.04. The molecule has 0 unspecified atom stereocenters. The van der Waals surface area contributed by atoms with Crippen LogP contribution in [0.25, 0.3) is 17.0 Å². The number of anilines is 1. The molecule has 0 aliphatic heterocycles. The Hall–Kier alpha value is -4.01. The summed E-state index contributed by atoms with van der Waals surface area (Å²) >= 11 is 0. The van der Waals surface area contributed by atoms with E-state index in [4.69, 9.17) is 0 Å². The number of nitrogens with one attached hydrogen (secondary N) is 1. The van der Waals surface area contributed by atoms with Crippen molar-refractivity contribution in [2.45, 2.75) is 6.92 Å². The first-order valence-electron chi connectivity index (χ1n) is 9.48. The minimum atomic E-state index is -0.421. The van der Waals surface area contributed by atoms with E-state index in [0.717, 1.165) is 5.56 Å². The summed E-state index contributed by atoms with van der Waals surface area (Å²) in [4.78, 5) is 31.5. The van der Waals surface area contributed by atoms with E-state index in [1.165, 1.54) is 15.8 Å². The SMILES string of the molecule is CCN(C)C(=O)c1cnn(C)c1C(=O)Nc1ccn2nc(-c3ccccc3)nc2c1. The van der Waals surface area contributed by atoms with E-state index in [0.29, 0.717) is 23.7 Å². The minimum absolute atomic E-state index is 0.201. The van der Waals surface area contributed by atoms with Gasteiger partial charge in [0.2, 0.25) is 0 Å². The zero-order chi connectivity index (χ0) is 21.3. The van der Waals surface area contributed by atoms with Crippen LogP contribution in [0.5, 0.6) is 0 Å². The van der Waals surface area contributed by atoms with Gasteiger partial charge in [-0.25, -0.2) is 9.50 Å². The lowest BCUT2D eigenvalue weighted by atomic mass is 10.2. The van der Waals surface area contributed by atoms with E-state index in [-0.39, 0.29) is 17.2 Å². The van der Waals surface area contributed by atoms with Crippen LogP contribution in [0.4, 0.5) is 5.69 Å². The molecule has 4 aromatic rings. The van der Waals surface area contributed by atoms with Crippen LogP contribution in [0.3, 0.4) is 0 Å². The number of benzene rings is 1. The largest absolute Gasteiger partial charge is 0.342 e. The van der Waals surface area contributed by atoms with Gasteiger partial charge in [-0.1, -0.05) is 30.3 Å². The molecule has 0 saturated heterocycles. The first-order chi connectivity index (χ1) is 14.5. The molecule has 0 saturated carbocycles. The van der Waals surface area contributed by atoms with E-state index in [2.05, 4.69) is 20.5 Å². The molecular weight excluding hydrogens is 382 g/mol. The van der Waals surface area contributed by atoms with Gasteiger partial charge in [0.1, 0.15) is 5.69 Å². The molecule has 9 heteroatoms. The van der Waals surface area contributed by atoms with Crippen LogP contribution >= 0.6 is 0 Å². The molecule has 1 N–H and O–H groups in total. The van der Waals surface area contributed by atoms with E-state index in [1.54, 1.807) is 36.9 Å². The summed E-state index contributed by atoms with van der Waals surface area (Å²) in [5.41, 5.74) is 2.51. The maximum absolute atomic E-state index is 12.9. The van der Waals surface area contributed by atoms with Crippen molar-refractivity contribution in [2.24, 2.45) is 7.05 Å². The molecule has 3 heterocycles. The van der Waals surface area contributed by atoms with Crippen LogP contribution in [-0.4, -0.2) is 54.7 Å². The van der Waals surface area contributed by atoms with Crippen LogP contribution < -0.4 is 5.32 Å². The van der Waals surface area contributed by atoms with Crippen molar-refractivity contribution in [1.29, 1.82) is 0 Å². The van der Waals surface area contributed by atoms with Gasteiger partial charge >= 0.3 is 0 Å². The fourth-order valence-corrected chi connectivity index (χ4v) is 3.07. The molecule has 4 rings (SSSR count). The number of aromatic nitrogens is 5. The molecule has 2 amide bonds. The fraction of sp³-hybridized carbons (Fsp3) is 0.190. The average Bonchev–Trinajstić information content (AvgIpc) is 3.36. The van der Waals surface area contributed by atoms with Gasteiger partial charge in [-0.15, -0.1) is 5.10 Å². The summed E-state index contributed by atoms with van der Waals surface area (Å²) in [7, 11) is 3.31. The molecule has 0 atom stereocenters. The normalized spacial score (nSPS) is 10.9. The second-order valence-corrected chi connectivity index (χ2v) is 6.82. The zero-order valence-corrected chi connectivity index (χ0v) is 16.9. The van der Waals surface area contributed by atoms with Gasteiger partial charge in [-0.3, -0.25) is 14.3 Å². The van der Waals surface area contributed by atoms with Crippen LogP contribution in [-0.2, 0) is 7.05 Å². The second kappa shape index (κ2) is 7.78. The van der Waals surface area contributed by atoms with Gasteiger partial charge in [0.25, 0.3) is 11.8 Å². The Morgan fingerprint density at radius 3 is 2.67 bits per heavy atom. The zero-order valence-electron chi connectivity index (χ0n) is 16.9. The maximum Gasteiger partial charge on any atom is 0.274 e. The molecule has 0 aliphatic carbocycles. The number of hydrogen-bond donors (Lipinski definition) is 1. The van der Waals surface area contributed by atoms with Crippen molar-refractivity contribution >= 4 is 23.1 Å². The van der Waals surface area contributed by atoms with E-state index < -0.39 is 5.91 Å². The highest BCUT2D eigenvalue weighted by molar-refractivity contribution is 6.11. The van der Waals surface area contributed by atoms with E-state index in [9.17, 15) is 9.59 Å². The predicted molar refractivity (Wildman–Crippen MR) is 112 cm³/mol. The summed E-state index contributed by atoms with van der Waals surface area (Å²) in [6.07, 6.45) is 3.14. The molecular formula is C21H21N7O2. The topological polar surface area (TPSA) is 97.4 Å². The third kappa shape index (κ3) is 3.52. The lowest BCUT2D eigenvalue weighted by Crippen LogP contribution is -2.29. The second-order valence-electron chi connectivity index (χ2n) is 6.82. The van der Waals surface area contributed by atoms with Crippen molar-refractivity contribution in [1.82, 2.24) is 29.3 Å². The Morgan fingerprint density at radius 2 is 1.93 bits per heavy atom. The summed E-state index contributed by atoms with van der Waals surface area (Å²) in [6.45, 7) is 2.40. The van der Waals surface area contributed by atoms with E-state index in [1.807, 2.05) is 37.3 Å². The average molecular weight is 403 g/mol. The maximum atomic E-state index is 12.9. The monoisotopic (exact) mass is 403 g/mol. The summed E-state index contributed by atoms with van der Waals surface area (Å²) in [5.74, 6) is -0.0765. The van der Waals surface area contributed by atoms with Crippen molar-refractivity contribution in [3.8, 4) is 11.4 Å². The van der Waals surface area contributed by atoms with Crippen LogP contribution in [0.2, 0.25) is 0 Å². The van der Waals surface area contributed by atoms with Gasteiger partial charge in [0.15, 0.2) is 11.5 Å². The van der Waals surface area contributed by atoms with Gasteiger partial charge < -0.3 is 10.2 Å². The number of amides is 2. The molecule has 0 radical (unpaired) electrons. The third-order valence-corrected chi connectivity index (χ3v) is 4.83. The van der Waals surface area contributed by atoms with Gasteiger partial charge in [0.05, 0.1) is 11.8 Å². The number of nitrogens with zero attached hydrogens (tertiary/aromatic N) is 6. The highest BCUT2D eigenvalue weighted by atomic mass is 16.2. The smallest absolute Gasteiger partial charge is 0.274 e. The van der Waals surface area contributed by atoms with Crippen molar-refractivity contribution < 1.29 is 9.59 Å². The summed E-state index contributed by atoms with van der Waals surface area (Å²) in [6, 6.07) is 13.1. The highest BCUT2D eigenvalue weighted by Crippen LogP contribution is 2.19. The number of rotatable bonds is 5. The number of carbonyl (C=O) groups is 2. The van der Waals surface area contributed by atoms with Gasteiger partial charge in [-0.2, -0.15) is 5.10 Å². The van der Waals surface area contributed by atoms with E-state index >= 15 is 0 Å². The third-order valence-electron chi connectivity index (χ3n) is 4.83. The Morgan fingerprint density at radius 1 is 1.17 bits per heavy atom. The molecule has 30 heavy (non-hydrogen) atoms. The first-order valence-corrected chi connectivity index (χ1v) is 9.48. The molecule has 9 nitrogen and oxygen atoms in total. The number of fused-ring (bicyclic) bond motifs is 1. The van der Waals surface area contributed by atoms with Gasteiger partial charge in [-0.05, 0) is 13.0 Å². The lowest BCUT2D eigenvalue weighted by Gasteiger charge is -2.14. The number of aryl methyl sites for hydroxylation is 1. The molecule has 152 valence electrons. The number of hydrogen-bond acceptors (Lipinski definition) is 5. The molecule has 0 spiro atoms. The summed E-state index contributed by atoms with van der Waals surface area (Å²) in [5, 5.41) is 11.4.